The number of amides is 1. The Bertz CT molecular complexity index is 456. The quantitative estimate of drug-likeness (QED) is 0.864. The Balaban J connectivity index is 2.13. The van der Waals surface area contributed by atoms with Gasteiger partial charge in [0.05, 0.1) is 0 Å². The van der Waals surface area contributed by atoms with E-state index in [0.717, 1.165) is 38.9 Å². The van der Waals surface area contributed by atoms with Crippen molar-refractivity contribution in [1.82, 2.24) is 9.88 Å². The minimum Gasteiger partial charge on any atom is -0.370 e. The van der Waals surface area contributed by atoms with Gasteiger partial charge in [-0.2, -0.15) is 0 Å². The second-order valence-corrected chi connectivity index (χ2v) is 5.58. The van der Waals surface area contributed by atoms with Crippen molar-refractivity contribution in [1.29, 1.82) is 0 Å². The van der Waals surface area contributed by atoms with Gasteiger partial charge < -0.3 is 10.2 Å². The summed E-state index contributed by atoms with van der Waals surface area (Å²) in [6.45, 7) is 4.60. The zero-order valence-electron chi connectivity index (χ0n) is 12.0. The summed E-state index contributed by atoms with van der Waals surface area (Å²) in [7, 11) is 0. The Morgan fingerprint density at radius 3 is 2.65 bits per heavy atom. The van der Waals surface area contributed by atoms with E-state index >= 15 is 0 Å². The van der Waals surface area contributed by atoms with Crippen LogP contribution < -0.4 is 5.32 Å². The lowest BCUT2D eigenvalue weighted by Gasteiger charge is -2.20. The van der Waals surface area contributed by atoms with Crippen LogP contribution in [-0.4, -0.2) is 35.4 Å². The average molecular weight is 296 g/mol. The summed E-state index contributed by atoms with van der Waals surface area (Å²) < 4.78 is 0. The number of nitrogens with zero attached hydrogens (tertiary/aromatic N) is 2. The van der Waals surface area contributed by atoms with Gasteiger partial charge in [0.1, 0.15) is 11.0 Å². The molecule has 2 heterocycles. The predicted molar refractivity (Wildman–Crippen MR) is 82.4 cm³/mol. The molecule has 110 valence electrons. The molecule has 1 aliphatic heterocycles. The van der Waals surface area contributed by atoms with Crippen LogP contribution in [0.2, 0.25) is 5.15 Å². The van der Waals surface area contributed by atoms with Crippen LogP contribution in [0.25, 0.3) is 0 Å². The number of carbonyl (C=O) groups excluding carboxylic acids is 1. The van der Waals surface area contributed by atoms with Crippen LogP contribution in [0.1, 0.15) is 49.4 Å². The van der Waals surface area contributed by atoms with Gasteiger partial charge in [-0.1, -0.05) is 31.4 Å². The molecule has 0 aromatic carbocycles. The first-order valence-electron chi connectivity index (χ1n) is 7.41. The SMILES string of the molecule is CCCNc1cc(C(=O)N2CCCCCC2)cc(Cl)n1. The van der Waals surface area contributed by atoms with E-state index in [1.165, 1.54) is 12.8 Å². The van der Waals surface area contributed by atoms with Crippen molar-refractivity contribution in [2.45, 2.75) is 39.0 Å². The molecule has 1 aliphatic rings. The zero-order valence-corrected chi connectivity index (χ0v) is 12.7. The van der Waals surface area contributed by atoms with E-state index < -0.39 is 0 Å². The first-order valence-corrected chi connectivity index (χ1v) is 7.79. The molecule has 1 N–H and O–H groups in total. The Hall–Kier alpha value is -1.29. The summed E-state index contributed by atoms with van der Waals surface area (Å²) in [4.78, 5) is 18.7. The van der Waals surface area contributed by atoms with Crippen LogP contribution in [0.5, 0.6) is 0 Å². The lowest BCUT2D eigenvalue weighted by Crippen LogP contribution is -2.31. The van der Waals surface area contributed by atoms with E-state index in [4.69, 9.17) is 11.6 Å². The van der Waals surface area contributed by atoms with E-state index in [1.807, 2.05) is 4.90 Å². The molecule has 0 saturated carbocycles. The normalized spacial score (nSPS) is 15.8. The molecular weight excluding hydrogens is 274 g/mol. The van der Waals surface area contributed by atoms with Crippen molar-refractivity contribution in [2.24, 2.45) is 0 Å². The van der Waals surface area contributed by atoms with E-state index in [0.29, 0.717) is 16.5 Å². The fourth-order valence-corrected chi connectivity index (χ4v) is 2.63. The van der Waals surface area contributed by atoms with Gasteiger partial charge in [-0.25, -0.2) is 4.98 Å². The summed E-state index contributed by atoms with van der Waals surface area (Å²) in [6, 6.07) is 3.46. The second kappa shape index (κ2) is 7.48. The van der Waals surface area contributed by atoms with Crippen molar-refractivity contribution in [3.63, 3.8) is 0 Å². The number of hydrogen-bond donors (Lipinski definition) is 1. The van der Waals surface area contributed by atoms with Gasteiger partial charge in [0, 0.05) is 25.2 Å². The highest BCUT2D eigenvalue weighted by molar-refractivity contribution is 6.29. The molecule has 0 aliphatic carbocycles. The minimum absolute atomic E-state index is 0.0655. The highest BCUT2D eigenvalue weighted by atomic mass is 35.5. The first kappa shape index (κ1) is 15.1. The Labute approximate surface area is 125 Å². The molecule has 5 heteroatoms. The third-order valence-electron chi connectivity index (χ3n) is 3.49. The summed E-state index contributed by atoms with van der Waals surface area (Å²) in [6.07, 6.45) is 5.61. The van der Waals surface area contributed by atoms with Gasteiger partial charge in [0.2, 0.25) is 0 Å². The molecule has 0 spiro atoms. The molecule has 0 unspecified atom stereocenters. The van der Waals surface area contributed by atoms with Gasteiger partial charge in [-0.3, -0.25) is 4.79 Å². The summed E-state index contributed by atoms with van der Waals surface area (Å²) in [5, 5.41) is 3.54. The van der Waals surface area contributed by atoms with E-state index in [2.05, 4.69) is 17.2 Å². The van der Waals surface area contributed by atoms with Gasteiger partial charge in [-0.15, -0.1) is 0 Å². The number of anilines is 1. The third-order valence-corrected chi connectivity index (χ3v) is 3.68. The predicted octanol–water partition coefficient (Wildman–Crippen LogP) is 3.57. The molecular formula is C15H22ClN3O. The molecule has 1 fully saturated rings. The molecule has 0 bridgehead atoms. The van der Waals surface area contributed by atoms with Crippen molar-refractivity contribution in [2.75, 3.05) is 25.0 Å². The molecule has 1 amide bonds. The highest BCUT2D eigenvalue weighted by Crippen LogP contribution is 2.18. The second-order valence-electron chi connectivity index (χ2n) is 5.20. The number of nitrogens with one attached hydrogen (secondary N) is 1. The number of likely N-dealkylation sites (tertiary alicyclic amines) is 1. The minimum atomic E-state index is 0.0655. The van der Waals surface area contributed by atoms with E-state index in [-0.39, 0.29) is 5.91 Å². The average Bonchev–Trinajstić information content (AvgIpc) is 2.72. The molecule has 1 saturated heterocycles. The summed E-state index contributed by atoms with van der Waals surface area (Å²) >= 11 is 6.02. The summed E-state index contributed by atoms with van der Waals surface area (Å²) in [5.74, 6) is 0.744. The standard InChI is InChI=1S/C15H22ClN3O/c1-2-7-17-14-11-12(10-13(16)18-14)15(20)19-8-5-3-4-6-9-19/h10-11H,2-9H2,1H3,(H,17,18). The highest BCUT2D eigenvalue weighted by Gasteiger charge is 2.18. The topological polar surface area (TPSA) is 45.2 Å². The number of hydrogen-bond acceptors (Lipinski definition) is 3. The van der Waals surface area contributed by atoms with Gasteiger partial charge in [0.25, 0.3) is 5.91 Å². The fraction of sp³-hybridized carbons (Fsp3) is 0.600. The summed E-state index contributed by atoms with van der Waals surface area (Å²) in [5.41, 5.74) is 0.630. The first-order chi connectivity index (χ1) is 9.70. The van der Waals surface area contributed by atoms with Crippen LogP contribution in [0.4, 0.5) is 5.82 Å². The molecule has 20 heavy (non-hydrogen) atoms. The van der Waals surface area contributed by atoms with Gasteiger partial charge in [0.15, 0.2) is 0 Å². The lowest BCUT2D eigenvalue weighted by molar-refractivity contribution is 0.0761. The maximum atomic E-state index is 12.5. The van der Waals surface area contributed by atoms with Crippen LogP contribution in [0.15, 0.2) is 12.1 Å². The van der Waals surface area contributed by atoms with Crippen molar-refractivity contribution < 1.29 is 4.79 Å². The fourth-order valence-electron chi connectivity index (χ4n) is 2.42. The molecule has 0 radical (unpaired) electrons. The van der Waals surface area contributed by atoms with Crippen LogP contribution in [0, 0.1) is 0 Å². The number of aromatic nitrogens is 1. The Morgan fingerprint density at radius 2 is 2.00 bits per heavy atom. The number of pyridine rings is 1. The maximum absolute atomic E-state index is 12.5. The molecule has 0 atom stereocenters. The molecule has 1 aromatic rings. The molecule has 2 rings (SSSR count). The van der Waals surface area contributed by atoms with E-state index in [9.17, 15) is 4.79 Å². The Morgan fingerprint density at radius 1 is 1.30 bits per heavy atom. The van der Waals surface area contributed by atoms with Crippen molar-refractivity contribution in [3.05, 3.63) is 22.8 Å². The van der Waals surface area contributed by atoms with Gasteiger partial charge in [-0.05, 0) is 31.4 Å². The van der Waals surface area contributed by atoms with E-state index in [1.54, 1.807) is 12.1 Å². The van der Waals surface area contributed by atoms with Crippen LogP contribution in [0.3, 0.4) is 0 Å². The van der Waals surface area contributed by atoms with Crippen molar-refractivity contribution in [3.8, 4) is 0 Å². The van der Waals surface area contributed by atoms with Crippen LogP contribution in [-0.2, 0) is 0 Å². The molecule has 4 nitrogen and oxygen atoms in total. The number of halogens is 1. The Kier molecular flexibility index (Phi) is 5.65. The number of carbonyl (C=O) groups is 1. The van der Waals surface area contributed by atoms with Crippen LogP contribution >= 0.6 is 11.6 Å². The third kappa shape index (κ3) is 4.10. The zero-order chi connectivity index (χ0) is 14.4. The largest absolute Gasteiger partial charge is 0.370 e. The number of rotatable bonds is 4. The monoisotopic (exact) mass is 295 g/mol. The smallest absolute Gasteiger partial charge is 0.254 e. The maximum Gasteiger partial charge on any atom is 0.254 e. The van der Waals surface area contributed by atoms with Crippen molar-refractivity contribution >= 4 is 23.3 Å². The van der Waals surface area contributed by atoms with Gasteiger partial charge >= 0.3 is 0 Å². The lowest BCUT2D eigenvalue weighted by atomic mass is 10.2. The molecule has 1 aromatic heterocycles.